The van der Waals surface area contributed by atoms with Gasteiger partial charge in [0.25, 0.3) is 5.91 Å². The minimum Gasteiger partial charge on any atom is -0.335 e. The largest absolute Gasteiger partial charge is 0.335 e. The molecule has 0 N–H and O–H groups in total. The second-order valence-electron chi connectivity index (χ2n) is 3.94. The fourth-order valence-electron chi connectivity index (χ4n) is 1.53. The van der Waals surface area contributed by atoms with E-state index in [0.29, 0.717) is 23.0 Å². The number of amides is 1. The average molecular weight is 339 g/mol. The molecule has 0 aromatic heterocycles. The number of halogens is 3. The van der Waals surface area contributed by atoms with Crippen molar-refractivity contribution in [2.75, 3.05) is 12.4 Å². The van der Waals surface area contributed by atoms with Crippen LogP contribution in [0.5, 0.6) is 0 Å². The number of alkyl halides is 1. The highest BCUT2D eigenvalue weighted by molar-refractivity contribution is 9.10. The molecule has 0 aliphatic carbocycles. The minimum atomic E-state index is -0.0520. The number of carbonyl (C=O) groups excluding carboxylic acids is 1. The summed E-state index contributed by atoms with van der Waals surface area (Å²) in [4.78, 5) is 14.0. The van der Waals surface area contributed by atoms with Gasteiger partial charge in [-0.2, -0.15) is 0 Å². The average Bonchev–Trinajstić information content (AvgIpc) is 2.23. The quantitative estimate of drug-likeness (QED) is 0.754. The van der Waals surface area contributed by atoms with Crippen LogP contribution in [0.15, 0.2) is 22.7 Å². The summed E-state index contributed by atoms with van der Waals surface area (Å²) >= 11 is 15.0. The van der Waals surface area contributed by atoms with Gasteiger partial charge >= 0.3 is 0 Å². The summed E-state index contributed by atoms with van der Waals surface area (Å²) < 4.78 is 0.794. The number of rotatable bonds is 4. The fraction of sp³-hybridized carbons (Fsp3) is 0.417. The first-order valence-electron chi connectivity index (χ1n) is 5.28. The monoisotopic (exact) mass is 337 g/mol. The zero-order valence-electron chi connectivity index (χ0n) is 9.71. The van der Waals surface area contributed by atoms with Gasteiger partial charge in [0, 0.05) is 33.5 Å². The summed E-state index contributed by atoms with van der Waals surface area (Å²) in [5, 5.41) is 0.539. The third-order valence-corrected chi connectivity index (χ3v) is 3.16. The molecule has 0 aliphatic heterocycles. The Hall–Kier alpha value is -0.250. The molecule has 0 aliphatic rings. The summed E-state index contributed by atoms with van der Waals surface area (Å²) in [5.41, 5.74) is 0.572. The van der Waals surface area contributed by atoms with Crippen molar-refractivity contribution in [3.05, 3.63) is 33.3 Å². The van der Waals surface area contributed by atoms with E-state index in [-0.39, 0.29) is 11.9 Å². The van der Waals surface area contributed by atoms with Crippen molar-refractivity contribution in [1.29, 1.82) is 0 Å². The van der Waals surface area contributed by atoms with Crippen LogP contribution in [0.25, 0.3) is 0 Å². The minimum absolute atomic E-state index is 0.0520. The van der Waals surface area contributed by atoms with Gasteiger partial charge < -0.3 is 4.90 Å². The lowest BCUT2D eigenvalue weighted by molar-refractivity contribution is 0.0718. The molecule has 1 aromatic carbocycles. The van der Waals surface area contributed by atoms with Crippen molar-refractivity contribution in [2.24, 2.45) is 0 Å². The Balaban J connectivity index is 3.00. The van der Waals surface area contributed by atoms with Gasteiger partial charge in [-0.25, -0.2) is 0 Å². The zero-order chi connectivity index (χ0) is 13.0. The predicted molar refractivity (Wildman–Crippen MR) is 76.0 cm³/mol. The van der Waals surface area contributed by atoms with Crippen molar-refractivity contribution in [1.82, 2.24) is 4.90 Å². The third-order valence-electron chi connectivity index (χ3n) is 2.32. The van der Waals surface area contributed by atoms with Crippen LogP contribution >= 0.6 is 39.1 Å². The summed E-state index contributed by atoms with van der Waals surface area (Å²) in [5.74, 6) is 0.370. The molecule has 0 radical (unpaired) electrons. The van der Waals surface area contributed by atoms with Crippen molar-refractivity contribution in [3.8, 4) is 0 Å². The molecule has 1 rings (SSSR count). The van der Waals surface area contributed by atoms with E-state index >= 15 is 0 Å². The Morgan fingerprint density at radius 1 is 1.41 bits per heavy atom. The highest BCUT2D eigenvalue weighted by Crippen LogP contribution is 2.21. The maximum absolute atomic E-state index is 12.3. The lowest BCUT2D eigenvalue weighted by atomic mass is 10.1. The van der Waals surface area contributed by atoms with Gasteiger partial charge in [-0.3, -0.25) is 4.79 Å². The van der Waals surface area contributed by atoms with Crippen molar-refractivity contribution in [3.63, 3.8) is 0 Å². The van der Waals surface area contributed by atoms with E-state index in [1.165, 1.54) is 0 Å². The summed E-state index contributed by atoms with van der Waals surface area (Å²) in [6.45, 7) is 4.45. The summed E-state index contributed by atoms with van der Waals surface area (Å²) in [6.07, 6.45) is 0. The molecule has 0 heterocycles. The van der Waals surface area contributed by atoms with E-state index in [9.17, 15) is 4.79 Å². The molecule has 0 bridgehead atoms. The van der Waals surface area contributed by atoms with Gasteiger partial charge in [0.1, 0.15) is 0 Å². The van der Waals surface area contributed by atoms with Crippen molar-refractivity contribution >= 4 is 45.0 Å². The molecular formula is C12H14BrCl2NO. The number of hydrogen-bond acceptors (Lipinski definition) is 1. The predicted octanol–water partition coefficient (Wildman–Crippen LogP) is 4.19. The molecule has 0 saturated carbocycles. The number of nitrogens with zero attached hydrogens (tertiary/aromatic N) is 1. The Morgan fingerprint density at radius 3 is 2.53 bits per heavy atom. The first-order chi connectivity index (χ1) is 7.95. The number of benzene rings is 1. The molecule has 2 nitrogen and oxygen atoms in total. The van der Waals surface area contributed by atoms with Crippen molar-refractivity contribution < 1.29 is 4.79 Å². The molecule has 0 spiro atoms. The van der Waals surface area contributed by atoms with E-state index in [1.54, 1.807) is 23.1 Å². The van der Waals surface area contributed by atoms with E-state index in [1.807, 2.05) is 13.8 Å². The molecule has 0 unspecified atom stereocenters. The summed E-state index contributed by atoms with van der Waals surface area (Å²) in [7, 11) is 0. The van der Waals surface area contributed by atoms with Gasteiger partial charge in [-0.05, 0) is 32.0 Å². The molecule has 0 atom stereocenters. The van der Waals surface area contributed by atoms with Crippen LogP contribution in [0.2, 0.25) is 5.02 Å². The molecule has 17 heavy (non-hydrogen) atoms. The Bertz CT molecular complexity index is 389. The van der Waals surface area contributed by atoms with Crippen LogP contribution in [-0.4, -0.2) is 29.3 Å². The molecule has 0 fully saturated rings. The standard InChI is InChI=1S/C12H14BrCl2NO/c1-8(2)16(4-3-14)12(17)9-5-10(13)7-11(15)6-9/h5-8H,3-4H2,1-2H3. The number of carbonyl (C=O) groups is 1. The normalized spacial score (nSPS) is 10.7. The van der Waals surface area contributed by atoms with Gasteiger partial charge in [0.15, 0.2) is 0 Å². The van der Waals surface area contributed by atoms with Gasteiger partial charge in [0.2, 0.25) is 0 Å². The maximum Gasteiger partial charge on any atom is 0.254 e. The first kappa shape index (κ1) is 14.8. The van der Waals surface area contributed by atoms with E-state index in [2.05, 4.69) is 15.9 Å². The Labute approximate surface area is 120 Å². The van der Waals surface area contributed by atoms with Gasteiger partial charge in [0.05, 0.1) is 0 Å². The smallest absolute Gasteiger partial charge is 0.254 e. The lowest BCUT2D eigenvalue weighted by Crippen LogP contribution is -2.38. The highest BCUT2D eigenvalue weighted by atomic mass is 79.9. The van der Waals surface area contributed by atoms with E-state index in [0.717, 1.165) is 4.47 Å². The number of hydrogen-bond donors (Lipinski definition) is 0. The third kappa shape index (κ3) is 4.16. The Kier molecular flexibility index (Phi) is 5.77. The first-order valence-corrected chi connectivity index (χ1v) is 6.99. The van der Waals surface area contributed by atoms with Crippen LogP contribution in [0.3, 0.4) is 0 Å². The molecule has 94 valence electrons. The SMILES string of the molecule is CC(C)N(CCCl)C(=O)c1cc(Cl)cc(Br)c1. The molecule has 1 aromatic rings. The molecule has 0 saturated heterocycles. The van der Waals surface area contributed by atoms with Gasteiger partial charge in [-0.1, -0.05) is 27.5 Å². The lowest BCUT2D eigenvalue weighted by Gasteiger charge is -2.26. The van der Waals surface area contributed by atoms with Gasteiger partial charge in [-0.15, -0.1) is 11.6 Å². The second-order valence-corrected chi connectivity index (χ2v) is 5.67. The van der Waals surface area contributed by atoms with Crippen LogP contribution in [-0.2, 0) is 0 Å². The second kappa shape index (κ2) is 6.62. The fourth-order valence-corrected chi connectivity index (χ4v) is 2.57. The van der Waals surface area contributed by atoms with Crippen LogP contribution in [0.1, 0.15) is 24.2 Å². The Morgan fingerprint density at radius 2 is 2.06 bits per heavy atom. The van der Waals surface area contributed by atoms with E-state index < -0.39 is 0 Å². The summed E-state index contributed by atoms with van der Waals surface area (Å²) in [6, 6.07) is 5.29. The topological polar surface area (TPSA) is 20.3 Å². The highest BCUT2D eigenvalue weighted by Gasteiger charge is 2.18. The molecule has 1 amide bonds. The van der Waals surface area contributed by atoms with Crippen LogP contribution < -0.4 is 0 Å². The van der Waals surface area contributed by atoms with Crippen LogP contribution in [0.4, 0.5) is 0 Å². The molecular weight excluding hydrogens is 325 g/mol. The molecule has 5 heteroatoms. The van der Waals surface area contributed by atoms with Crippen LogP contribution in [0, 0.1) is 0 Å². The van der Waals surface area contributed by atoms with Crippen molar-refractivity contribution in [2.45, 2.75) is 19.9 Å². The zero-order valence-corrected chi connectivity index (χ0v) is 12.8. The maximum atomic E-state index is 12.3. The van der Waals surface area contributed by atoms with E-state index in [4.69, 9.17) is 23.2 Å².